The zero-order valence-corrected chi connectivity index (χ0v) is 12.2. The number of nitriles is 1. The molecule has 1 aliphatic rings. The molecule has 2 rings (SSSR count). The van der Waals surface area contributed by atoms with Gasteiger partial charge in [0, 0.05) is 6.54 Å². The molecule has 0 atom stereocenters. The first-order valence-corrected chi connectivity index (χ1v) is 8.20. The number of carbonyl (C=O) groups is 1. The van der Waals surface area contributed by atoms with E-state index in [1.165, 1.54) is 0 Å². The summed E-state index contributed by atoms with van der Waals surface area (Å²) in [5, 5.41) is 17.6. The van der Waals surface area contributed by atoms with Crippen molar-refractivity contribution in [3.8, 4) is 6.07 Å². The Kier molecular flexibility index (Phi) is 4.60. The molecule has 7 heteroatoms. The van der Waals surface area contributed by atoms with Crippen molar-refractivity contribution in [2.75, 3.05) is 13.1 Å². The van der Waals surface area contributed by atoms with Crippen molar-refractivity contribution in [2.45, 2.75) is 18.6 Å². The van der Waals surface area contributed by atoms with E-state index in [0.29, 0.717) is 11.1 Å². The van der Waals surface area contributed by atoms with E-state index in [2.05, 4.69) is 0 Å². The summed E-state index contributed by atoms with van der Waals surface area (Å²) in [5.41, 5.74) is 0.997. The lowest BCUT2D eigenvalue weighted by Crippen LogP contribution is -2.37. The Labute approximate surface area is 123 Å². The van der Waals surface area contributed by atoms with Gasteiger partial charge in [0.1, 0.15) is 6.54 Å². The van der Waals surface area contributed by atoms with Crippen LogP contribution in [-0.2, 0) is 20.6 Å². The van der Waals surface area contributed by atoms with Crippen LogP contribution in [-0.4, -0.2) is 36.9 Å². The molecule has 0 bridgehead atoms. The van der Waals surface area contributed by atoms with Crippen molar-refractivity contribution in [1.82, 2.24) is 4.31 Å². The molecule has 0 unspecified atom stereocenters. The van der Waals surface area contributed by atoms with E-state index in [-0.39, 0.29) is 18.2 Å². The zero-order chi connectivity index (χ0) is 15.5. The molecule has 1 fully saturated rings. The Balaban J connectivity index is 2.12. The van der Waals surface area contributed by atoms with Crippen LogP contribution >= 0.6 is 0 Å². The highest BCUT2D eigenvalue weighted by molar-refractivity contribution is 7.88. The first-order valence-electron chi connectivity index (χ1n) is 6.59. The zero-order valence-electron chi connectivity index (χ0n) is 11.4. The maximum atomic E-state index is 12.4. The lowest BCUT2D eigenvalue weighted by atomic mass is 10.2. The molecule has 1 N–H and O–H groups in total. The number of hydrogen-bond donors (Lipinski definition) is 1. The number of rotatable bonds is 7. The number of hydrogen-bond acceptors (Lipinski definition) is 4. The summed E-state index contributed by atoms with van der Waals surface area (Å²) in [5.74, 6) is -1.13. The van der Waals surface area contributed by atoms with E-state index in [1.807, 2.05) is 6.07 Å². The van der Waals surface area contributed by atoms with Gasteiger partial charge in [0.2, 0.25) is 10.0 Å². The maximum absolute atomic E-state index is 12.4. The Bertz CT molecular complexity index is 657. The van der Waals surface area contributed by atoms with E-state index < -0.39 is 22.5 Å². The molecule has 0 aliphatic heterocycles. The second kappa shape index (κ2) is 6.24. The Morgan fingerprint density at radius 2 is 1.95 bits per heavy atom. The Hall–Kier alpha value is -1.91. The van der Waals surface area contributed by atoms with Crippen molar-refractivity contribution in [1.29, 1.82) is 5.26 Å². The molecule has 21 heavy (non-hydrogen) atoms. The van der Waals surface area contributed by atoms with Gasteiger partial charge in [0.05, 0.1) is 17.4 Å². The van der Waals surface area contributed by atoms with E-state index in [9.17, 15) is 13.2 Å². The highest BCUT2D eigenvalue weighted by Gasteiger charge is 2.31. The predicted octanol–water partition coefficient (Wildman–Crippen LogP) is 1.18. The average Bonchev–Trinajstić information content (AvgIpc) is 3.22. The van der Waals surface area contributed by atoms with Gasteiger partial charge in [-0.15, -0.1) is 0 Å². The third kappa shape index (κ3) is 4.55. The monoisotopic (exact) mass is 308 g/mol. The highest BCUT2D eigenvalue weighted by Crippen LogP contribution is 2.30. The highest BCUT2D eigenvalue weighted by atomic mass is 32.2. The molecule has 0 radical (unpaired) electrons. The van der Waals surface area contributed by atoms with Gasteiger partial charge in [0.25, 0.3) is 0 Å². The summed E-state index contributed by atoms with van der Waals surface area (Å²) in [6, 6.07) is 8.21. The first kappa shape index (κ1) is 15.5. The summed E-state index contributed by atoms with van der Waals surface area (Å²) < 4.78 is 25.7. The molecule has 0 heterocycles. The number of carboxylic acid groups (broad SMARTS) is 1. The smallest absolute Gasteiger partial charge is 0.318 e. The van der Waals surface area contributed by atoms with E-state index >= 15 is 0 Å². The second-order valence-corrected chi connectivity index (χ2v) is 7.16. The molecular formula is C14H16N2O4S. The van der Waals surface area contributed by atoms with Gasteiger partial charge >= 0.3 is 5.97 Å². The summed E-state index contributed by atoms with van der Waals surface area (Å²) in [6.45, 7) is -0.236. The molecule has 0 aromatic heterocycles. The fourth-order valence-corrected chi connectivity index (χ4v) is 3.53. The SMILES string of the molecule is N#Cc1ccc(CS(=O)(=O)N(CC(=O)O)CC2CC2)cc1. The standard InChI is InChI=1S/C14H16N2O4S/c15-7-11-1-5-13(6-2-11)10-21(19,20)16(9-14(17)18)8-12-3-4-12/h1-2,5-6,12H,3-4,8-10H2,(H,17,18). The fraction of sp³-hybridized carbons (Fsp3) is 0.429. The lowest BCUT2D eigenvalue weighted by molar-refractivity contribution is -0.137. The van der Waals surface area contributed by atoms with Crippen molar-refractivity contribution in [3.63, 3.8) is 0 Å². The lowest BCUT2D eigenvalue weighted by Gasteiger charge is -2.20. The van der Waals surface area contributed by atoms with Crippen LogP contribution in [0.3, 0.4) is 0 Å². The van der Waals surface area contributed by atoms with E-state index in [1.54, 1.807) is 24.3 Å². The molecule has 0 spiro atoms. The van der Waals surface area contributed by atoms with Gasteiger partial charge < -0.3 is 5.11 Å². The van der Waals surface area contributed by atoms with Crippen molar-refractivity contribution in [2.24, 2.45) is 5.92 Å². The minimum absolute atomic E-state index is 0.251. The van der Waals surface area contributed by atoms with Gasteiger partial charge in [-0.05, 0) is 36.5 Å². The van der Waals surface area contributed by atoms with Gasteiger partial charge in [-0.3, -0.25) is 4.79 Å². The van der Waals surface area contributed by atoms with Crippen LogP contribution in [0.25, 0.3) is 0 Å². The van der Waals surface area contributed by atoms with Crippen LogP contribution in [0.5, 0.6) is 0 Å². The van der Waals surface area contributed by atoms with Gasteiger partial charge in [-0.25, -0.2) is 8.42 Å². The number of sulfonamides is 1. The molecule has 112 valence electrons. The minimum atomic E-state index is -3.68. The van der Waals surface area contributed by atoms with Gasteiger partial charge in [-0.1, -0.05) is 12.1 Å². The van der Waals surface area contributed by atoms with Crippen LogP contribution in [0.4, 0.5) is 0 Å². The summed E-state index contributed by atoms with van der Waals surface area (Å²) in [6.07, 6.45) is 1.89. The topological polar surface area (TPSA) is 98.5 Å². The van der Waals surface area contributed by atoms with Gasteiger partial charge in [0.15, 0.2) is 0 Å². The number of nitrogens with zero attached hydrogens (tertiary/aromatic N) is 2. The molecule has 6 nitrogen and oxygen atoms in total. The summed E-state index contributed by atoms with van der Waals surface area (Å²) >= 11 is 0. The van der Waals surface area contributed by atoms with Crippen molar-refractivity contribution >= 4 is 16.0 Å². The Morgan fingerprint density at radius 1 is 1.33 bits per heavy atom. The third-order valence-electron chi connectivity index (χ3n) is 3.30. The second-order valence-electron chi connectivity index (χ2n) is 5.19. The van der Waals surface area contributed by atoms with Crippen LogP contribution in [0, 0.1) is 17.2 Å². The van der Waals surface area contributed by atoms with Crippen LogP contribution in [0.1, 0.15) is 24.0 Å². The average molecular weight is 308 g/mol. The summed E-state index contributed by atoms with van der Waals surface area (Å²) in [7, 11) is -3.68. The number of benzene rings is 1. The normalized spacial score (nSPS) is 14.9. The van der Waals surface area contributed by atoms with Gasteiger partial charge in [-0.2, -0.15) is 9.57 Å². The maximum Gasteiger partial charge on any atom is 0.318 e. The third-order valence-corrected chi connectivity index (χ3v) is 5.06. The first-order chi connectivity index (χ1) is 9.90. The largest absolute Gasteiger partial charge is 0.480 e. The van der Waals surface area contributed by atoms with E-state index in [4.69, 9.17) is 10.4 Å². The summed E-state index contributed by atoms with van der Waals surface area (Å²) in [4.78, 5) is 10.9. The fourth-order valence-electron chi connectivity index (χ4n) is 1.99. The number of aliphatic carboxylic acids is 1. The molecule has 1 aromatic carbocycles. The molecule has 1 aliphatic carbocycles. The van der Waals surface area contributed by atoms with Crippen molar-refractivity contribution < 1.29 is 18.3 Å². The van der Waals surface area contributed by atoms with Crippen LogP contribution in [0.2, 0.25) is 0 Å². The molecule has 1 saturated carbocycles. The quantitative estimate of drug-likeness (QED) is 0.815. The number of carboxylic acids is 1. The molecule has 0 amide bonds. The molecular weight excluding hydrogens is 292 g/mol. The Morgan fingerprint density at radius 3 is 2.43 bits per heavy atom. The molecule has 0 saturated heterocycles. The van der Waals surface area contributed by atoms with Crippen molar-refractivity contribution in [3.05, 3.63) is 35.4 Å². The molecule has 1 aromatic rings. The minimum Gasteiger partial charge on any atom is -0.480 e. The van der Waals surface area contributed by atoms with Crippen LogP contribution in [0.15, 0.2) is 24.3 Å². The van der Waals surface area contributed by atoms with E-state index in [0.717, 1.165) is 17.1 Å². The predicted molar refractivity (Wildman–Crippen MR) is 75.7 cm³/mol. The van der Waals surface area contributed by atoms with Crippen LogP contribution < -0.4 is 0 Å².